The molecular weight excluding hydrogens is 458 g/mol. The number of benzene rings is 2. The van der Waals surface area contributed by atoms with Gasteiger partial charge in [0, 0.05) is 21.8 Å². The van der Waals surface area contributed by atoms with E-state index in [1.807, 2.05) is 18.2 Å². The summed E-state index contributed by atoms with van der Waals surface area (Å²) in [5, 5.41) is 20.0. The van der Waals surface area contributed by atoms with Gasteiger partial charge in [-0.25, -0.2) is 4.79 Å². The van der Waals surface area contributed by atoms with E-state index in [0.717, 1.165) is 15.7 Å². The number of carboxylic acids is 1. The predicted molar refractivity (Wildman–Crippen MR) is 116 cm³/mol. The molecule has 29 heavy (non-hydrogen) atoms. The summed E-state index contributed by atoms with van der Waals surface area (Å²) in [5.41, 5.74) is 1.95. The molecule has 144 valence electrons. The van der Waals surface area contributed by atoms with E-state index >= 15 is 0 Å². The number of carbonyl (C=O) groups is 1. The minimum atomic E-state index is -1.12. The topological polar surface area (TPSA) is 108 Å². The van der Waals surface area contributed by atoms with E-state index in [1.165, 1.54) is 28.8 Å². The van der Waals surface area contributed by atoms with Gasteiger partial charge in [-0.05, 0) is 54.7 Å². The van der Waals surface area contributed by atoms with Gasteiger partial charge in [0.05, 0.1) is 16.9 Å². The number of aromatic amines is 1. The van der Waals surface area contributed by atoms with Crippen LogP contribution in [0.25, 0.3) is 17.3 Å². The minimum Gasteiger partial charge on any atom is -0.494 e. The maximum absolute atomic E-state index is 12.5. The quantitative estimate of drug-likeness (QED) is 0.495. The van der Waals surface area contributed by atoms with Gasteiger partial charge in [-0.3, -0.25) is 19.3 Å². The second-order valence-corrected chi connectivity index (χ2v) is 7.51. The Morgan fingerprint density at radius 3 is 2.79 bits per heavy atom. The molecular formula is C20H12BrN3O4S. The molecule has 1 aromatic heterocycles. The Morgan fingerprint density at radius 1 is 1.24 bits per heavy atom. The first kappa shape index (κ1) is 19.0. The molecule has 0 saturated heterocycles. The molecule has 0 bridgehead atoms. The molecule has 0 fully saturated rings. The van der Waals surface area contributed by atoms with Crippen LogP contribution in [0.15, 0.2) is 56.7 Å². The zero-order valence-corrected chi connectivity index (χ0v) is 17.0. The van der Waals surface area contributed by atoms with Crippen LogP contribution in [0.3, 0.4) is 0 Å². The predicted octanol–water partition coefficient (Wildman–Crippen LogP) is 4.32. The van der Waals surface area contributed by atoms with Crippen LogP contribution in [0.5, 0.6) is 5.88 Å². The van der Waals surface area contributed by atoms with E-state index in [2.05, 4.69) is 25.9 Å². The van der Waals surface area contributed by atoms with Gasteiger partial charge in [0.1, 0.15) is 5.56 Å². The van der Waals surface area contributed by atoms with Crippen molar-refractivity contribution in [1.82, 2.24) is 9.55 Å². The summed E-state index contributed by atoms with van der Waals surface area (Å²) in [4.78, 5) is 30.6. The van der Waals surface area contributed by atoms with E-state index < -0.39 is 17.4 Å². The van der Waals surface area contributed by atoms with E-state index in [-0.39, 0.29) is 15.9 Å². The molecule has 0 aliphatic carbocycles. The first-order valence-corrected chi connectivity index (χ1v) is 9.53. The fourth-order valence-electron chi connectivity index (χ4n) is 3.02. The molecule has 0 saturated carbocycles. The Hall–Kier alpha value is -3.30. The Balaban J connectivity index is 1.91. The van der Waals surface area contributed by atoms with Crippen LogP contribution >= 0.6 is 28.1 Å². The summed E-state index contributed by atoms with van der Waals surface area (Å²) in [6.07, 6.45) is 3.12. The second kappa shape index (κ2) is 7.26. The molecule has 3 aromatic rings. The van der Waals surface area contributed by atoms with Crippen molar-refractivity contribution in [1.29, 1.82) is 0 Å². The fourth-order valence-corrected chi connectivity index (χ4v) is 3.66. The number of aromatic nitrogens is 2. The lowest BCUT2D eigenvalue weighted by Crippen LogP contribution is -2.16. The van der Waals surface area contributed by atoms with Crippen molar-refractivity contribution in [2.24, 2.45) is 4.99 Å². The van der Waals surface area contributed by atoms with Gasteiger partial charge in [0.15, 0.2) is 4.77 Å². The maximum atomic E-state index is 12.5. The summed E-state index contributed by atoms with van der Waals surface area (Å²) in [7, 11) is 0. The summed E-state index contributed by atoms with van der Waals surface area (Å²) < 4.78 is 2.01. The summed E-state index contributed by atoms with van der Waals surface area (Å²) in [6, 6.07) is 11.5. The van der Waals surface area contributed by atoms with Crippen LogP contribution < -0.4 is 5.56 Å². The smallest absolute Gasteiger partial charge is 0.335 e. The van der Waals surface area contributed by atoms with Crippen molar-refractivity contribution in [3.8, 4) is 11.6 Å². The van der Waals surface area contributed by atoms with Crippen molar-refractivity contribution >= 4 is 57.7 Å². The molecule has 2 aromatic carbocycles. The first-order chi connectivity index (χ1) is 13.8. The molecule has 9 heteroatoms. The molecule has 0 atom stereocenters. The van der Waals surface area contributed by atoms with E-state index in [9.17, 15) is 19.8 Å². The van der Waals surface area contributed by atoms with Gasteiger partial charge in [-0.15, -0.1) is 0 Å². The highest BCUT2D eigenvalue weighted by Crippen LogP contribution is 2.35. The van der Waals surface area contributed by atoms with Crippen molar-refractivity contribution in [3.63, 3.8) is 0 Å². The van der Waals surface area contributed by atoms with Gasteiger partial charge < -0.3 is 10.2 Å². The number of H-pyrrole nitrogens is 1. The molecule has 7 nitrogen and oxygen atoms in total. The largest absolute Gasteiger partial charge is 0.494 e. The maximum Gasteiger partial charge on any atom is 0.335 e. The van der Waals surface area contributed by atoms with Gasteiger partial charge >= 0.3 is 5.97 Å². The molecule has 2 heterocycles. The number of carboxylic acid groups (broad SMARTS) is 1. The number of hydrogen-bond donors (Lipinski definition) is 3. The van der Waals surface area contributed by atoms with E-state index in [4.69, 9.17) is 12.2 Å². The van der Waals surface area contributed by atoms with Crippen molar-refractivity contribution in [3.05, 3.63) is 78.8 Å². The standard InChI is InChI=1S/C20H12BrN3O4S/c21-12-4-5-16-14(8-12)11(9-22-16)7-15-17(25)23-20(29)24(18(15)26)13-3-1-2-10(6-13)19(27)28/h1-9,26H,(H,27,28)(H,23,25,29)/b11-7+. The monoisotopic (exact) mass is 469 g/mol. The summed E-state index contributed by atoms with van der Waals surface area (Å²) >= 11 is 8.60. The van der Waals surface area contributed by atoms with Crippen molar-refractivity contribution in [2.45, 2.75) is 0 Å². The van der Waals surface area contributed by atoms with Crippen molar-refractivity contribution in [2.75, 3.05) is 0 Å². The highest BCUT2D eigenvalue weighted by molar-refractivity contribution is 9.10. The van der Waals surface area contributed by atoms with Gasteiger partial charge in [-0.2, -0.15) is 0 Å². The zero-order valence-electron chi connectivity index (χ0n) is 14.6. The molecule has 0 radical (unpaired) electrons. The lowest BCUT2D eigenvalue weighted by Gasteiger charge is -2.12. The van der Waals surface area contributed by atoms with Crippen LogP contribution in [-0.2, 0) is 0 Å². The fraction of sp³-hybridized carbons (Fsp3) is 0. The van der Waals surface area contributed by atoms with Gasteiger partial charge in [-0.1, -0.05) is 22.0 Å². The van der Waals surface area contributed by atoms with Gasteiger partial charge in [0.2, 0.25) is 5.88 Å². The van der Waals surface area contributed by atoms with Crippen LogP contribution in [0.1, 0.15) is 21.5 Å². The minimum absolute atomic E-state index is 0.0198. The lowest BCUT2D eigenvalue weighted by molar-refractivity contribution is 0.0697. The van der Waals surface area contributed by atoms with Crippen LogP contribution in [0, 0.1) is 4.77 Å². The Labute approximate surface area is 177 Å². The number of allylic oxidation sites excluding steroid dienone is 1. The average molecular weight is 470 g/mol. The SMILES string of the molecule is O=C(O)c1cccc(-n2c(O)c(/C=C3\C=Nc4ccc(Br)cc43)c(=O)[nH]c2=S)c1. The third kappa shape index (κ3) is 3.45. The molecule has 3 N–H and O–H groups in total. The van der Waals surface area contributed by atoms with Crippen LogP contribution in [-0.4, -0.2) is 31.9 Å². The highest BCUT2D eigenvalue weighted by atomic mass is 79.9. The molecule has 4 rings (SSSR count). The number of nitrogens with one attached hydrogen (secondary N) is 1. The number of aliphatic imine (C=N–C) groups is 1. The summed E-state index contributed by atoms with van der Waals surface area (Å²) in [5.74, 6) is -1.51. The molecule has 1 aliphatic rings. The highest BCUT2D eigenvalue weighted by Gasteiger charge is 2.17. The lowest BCUT2D eigenvalue weighted by atomic mass is 10.1. The first-order valence-electron chi connectivity index (χ1n) is 8.33. The Kier molecular flexibility index (Phi) is 4.77. The molecule has 0 spiro atoms. The normalized spacial score (nSPS) is 13.6. The number of rotatable bonds is 3. The summed E-state index contributed by atoms with van der Waals surface area (Å²) in [6.45, 7) is 0. The zero-order chi connectivity index (χ0) is 20.7. The number of halogens is 1. The van der Waals surface area contributed by atoms with Crippen molar-refractivity contribution < 1.29 is 15.0 Å². The number of fused-ring (bicyclic) bond motifs is 1. The Morgan fingerprint density at radius 2 is 2.03 bits per heavy atom. The van der Waals surface area contributed by atoms with Crippen LogP contribution in [0.4, 0.5) is 5.69 Å². The molecule has 0 amide bonds. The molecule has 0 unspecified atom stereocenters. The third-order valence-corrected chi connectivity index (χ3v) is 5.16. The number of hydrogen-bond acceptors (Lipinski definition) is 5. The average Bonchev–Trinajstić information content (AvgIpc) is 3.07. The van der Waals surface area contributed by atoms with E-state index in [1.54, 1.807) is 12.3 Å². The second-order valence-electron chi connectivity index (χ2n) is 6.21. The van der Waals surface area contributed by atoms with Crippen LogP contribution in [0.2, 0.25) is 0 Å². The van der Waals surface area contributed by atoms with E-state index in [0.29, 0.717) is 11.3 Å². The van der Waals surface area contributed by atoms with Gasteiger partial charge in [0.25, 0.3) is 5.56 Å². The number of aromatic carboxylic acids is 1. The number of aromatic hydroxyl groups is 1. The Bertz CT molecular complexity index is 1350. The molecule has 1 aliphatic heterocycles. The number of nitrogens with zero attached hydrogens (tertiary/aromatic N) is 2. The third-order valence-electron chi connectivity index (χ3n) is 4.38.